The number of halogens is 3. The summed E-state index contributed by atoms with van der Waals surface area (Å²) in [6, 6.07) is 12.3. The molecule has 0 atom stereocenters. The Kier molecular flexibility index (Phi) is 6.45. The summed E-state index contributed by atoms with van der Waals surface area (Å²) in [5.74, 6) is 0.0353. The highest BCUT2D eigenvalue weighted by Crippen LogP contribution is 2.31. The minimum absolute atomic E-state index is 0.0175. The summed E-state index contributed by atoms with van der Waals surface area (Å²) in [4.78, 5) is 12.6. The summed E-state index contributed by atoms with van der Waals surface area (Å²) >= 11 is 1.25. The maximum absolute atomic E-state index is 13.1. The molecule has 164 valence electrons. The molecule has 0 saturated carbocycles. The van der Waals surface area contributed by atoms with Crippen molar-refractivity contribution in [2.75, 3.05) is 6.26 Å². The molecule has 9 heteroatoms. The van der Waals surface area contributed by atoms with Crippen LogP contribution < -0.4 is 5.32 Å². The Hall–Kier alpha value is -2.81. The van der Waals surface area contributed by atoms with Crippen LogP contribution in [0.3, 0.4) is 0 Å². The van der Waals surface area contributed by atoms with E-state index in [-0.39, 0.29) is 23.6 Å². The van der Waals surface area contributed by atoms with Crippen molar-refractivity contribution in [3.05, 3.63) is 71.0 Å². The van der Waals surface area contributed by atoms with E-state index in [0.717, 1.165) is 17.7 Å². The Morgan fingerprint density at radius 1 is 1.03 bits per heavy atom. The standard InChI is InChI=1S/C22H23F3N4OS/c1-21(2,3)15-10-8-14(9-11-15)19(30)26-13-18-27-28-20(31-4)29(18)17-7-5-6-16(12-17)22(23,24)25/h5-12H,13H2,1-4H3,(H,26,30). The van der Waals surface area contributed by atoms with Crippen molar-refractivity contribution in [2.24, 2.45) is 0 Å². The predicted molar refractivity (Wildman–Crippen MR) is 114 cm³/mol. The van der Waals surface area contributed by atoms with Gasteiger partial charge >= 0.3 is 6.18 Å². The van der Waals surface area contributed by atoms with Crippen LogP contribution in [-0.2, 0) is 18.1 Å². The molecule has 1 amide bonds. The summed E-state index contributed by atoms with van der Waals surface area (Å²) in [6.07, 6.45) is -2.70. The molecule has 5 nitrogen and oxygen atoms in total. The third-order valence-electron chi connectivity index (χ3n) is 4.73. The summed E-state index contributed by atoms with van der Waals surface area (Å²) in [6.45, 7) is 6.29. The van der Waals surface area contributed by atoms with Crippen LogP contribution in [0.2, 0.25) is 0 Å². The van der Waals surface area contributed by atoms with Gasteiger partial charge < -0.3 is 5.32 Å². The van der Waals surface area contributed by atoms with Gasteiger partial charge in [-0.25, -0.2) is 0 Å². The van der Waals surface area contributed by atoms with Gasteiger partial charge in [-0.1, -0.05) is 50.7 Å². The number of hydrogen-bond acceptors (Lipinski definition) is 4. The zero-order valence-electron chi connectivity index (χ0n) is 17.6. The molecule has 1 N–H and O–H groups in total. The predicted octanol–water partition coefficient (Wildman–Crippen LogP) is 5.24. The van der Waals surface area contributed by atoms with Gasteiger partial charge in [-0.3, -0.25) is 9.36 Å². The highest BCUT2D eigenvalue weighted by molar-refractivity contribution is 7.98. The first-order valence-electron chi connectivity index (χ1n) is 9.55. The van der Waals surface area contributed by atoms with Gasteiger partial charge in [-0.2, -0.15) is 13.2 Å². The van der Waals surface area contributed by atoms with E-state index < -0.39 is 11.7 Å². The van der Waals surface area contributed by atoms with E-state index in [1.807, 2.05) is 12.1 Å². The van der Waals surface area contributed by atoms with E-state index in [4.69, 9.17) is 0 Å². The second-order valence-electron chi connectivity index (χ2n) is 8.00. The van der Waals surface area contributed by atoms with Gasteiger partial charge in [-0.05, 0) is 47.6 Å². The van der Waals surface area contributed by atoms with Crippen LogP contribution in [0.1, 0.15) is 48.1 Å². The number of rotatable bonds is 5. The topological polar surface area (TPSA) is 59.8 Å². The van der Waals surface area contributed by atoms with Crippen LogP contribution in [0.5, 0.6) is 0 Å². The van der Waals surface area contributed by atoms with Crippen LogP contribution in [0.25, 0.3) is 5.69 Å². The number of hydrogen-bond donors (Lipinski definition) is 1. The van der Waals surface area contributed by atoms with Crippen LogP contribution in [0.15, 0.2) is 53.7 Å². The van der Waals surface area contributed by atoms with E-state index >= 15 is 0 Å². The molecular weight excluding hydrogens is 425 g/mol. The van der Waals surface area contributed by atoms with Gasteiger partial charge in [0.2, 0.25) is 0 Å². The van der Waals surface area contributed by atoms with Gasteiger partial charge in [0.25, 0.3) is 5.91 Å². The Morgan fingerprint density at radius 3 is 2.29 bits per heavy atom. The lowest BCUT2D eigenvalue weighted by molar-refractivity contribution is -0.137. The third kappa shape index (κ3) is 5.28. The molecule has 3 rings (SSSR count). The van der Waals surface area contributed by atoms with Gasteiger partial charge in [0.15, 0.2) is 11.0 Å². The number of carbonyl (C=O) groups is 1. The Bertz CT molecular complexity index is 1070. The first kappa shape index (κ1) is 22.9. The summed E-state index contributed by atoms with van der Waals surface area (Å²) in [5.41, 5.74) is 1.09. The summed E-state index contributed by atoms with van der Waals surface area (Å²) in [5, 5.41) is 11.3. The molecule has 0 unspecified atom stereocenters. The number of alkyl halides is 3. The number of carbonyl (C=O) groups excluding carboxylic acids is 1. The van der Waals surface area contributed by atoms with Crippen LogP contribution in [0.4, 0.5) is 13.2 Å². The lowest BCUT2D eigenvalue weighted by atomic mass is 9.87. The molecule has 31 heavy (non-hydrogen) atoms. The number of nitrogens with one attached hydrogen (secondary N) is 1. The average Bonchev–Trinajstić information content (AvgIpc) is 3.14. The summed E-state index contributed by atoms with van der Waals surface area (Å²) in [7, 11) is 0. The number of aromatic nitrogens is 3. The highest BCUT2D eigenvalue weighted by Gasteiger charge is 2.31. The number of nitrogens with zero attached hydrogens (tertiary/aromatic N) is 3. The van der Waals surface area contributed by atoms with Crippen molar-refractivity contribution in [2.45, 2.75) is 44.1 Å². The second-order valence-corrected chi connectivity index (χ2v) is 8.77. The Morgan fingerprint density at radius 2 is 1.71 bits per heavy atom. The fourth-order valence-electron chi connectivity index (χ4n) is 3.01. The normalized spacial score (nSPS) is 12.1. The summed E-state index contributed by atoms with van der Waals surface area (Å²) < 4.78 is 40.9. The monoisotopic (exact) mass is 448 g/mol. The lowest BCUT2D eigenvalue weighted by Crippen LogP contribution is -2.25. The van der Waals surface area contributed by atoms with Crippen molar-refractivity contribution in [1.29, 1.82) is 0 Å². The van der Waals surface area contributed by atoms with Crippen LogP contribution >= 0.6 is 11.8 Å². The largest absolute Gasteiger partial charge is 0.416 e. The van der Waals surface area contributed by atoms with E-state index in [1.54, 1.807) is 24.5 Å². The zero-order chi connectivity index (χ0) is 22.8. The van der Waals surface area contributed by atoms with Gasteiger partial charge in [-0.15, -0.1) is 10.2 Å². The number of benzene rings is 2. The van der Waals surface area contributed by atoms with E-state index in [0.29, 0.717) is 16.5 Å². The van der Waals surface area contributed by atoms with Gasteiger partial charge in [0.1, 0.15) is 0 Å². The Labute approximate surface area is 183 Å². The molecule has 0 fully saturated rings. The van der Waals surface area contributed by atoms with Gasteiger partial charge in [0.05, 0.1) is 17.8 Å². The highest BCUT2D eigenvalue weighted by atomic mass is 32.2. The molecule has 0 aliphatic carbocycles. The first-order valence-corrected chi connectivity index (χ1v) is 10.8. The molecular formula is C22H23F3N4OS. The van der Waals surface area contributed by atoms with E-state index in [1.165, 1.54) is 22.4 Å². The lowest BCUT2D eigenvalue weighted by Gasteiger charge is -2.19. The fourth-order valence-corrected chi connectivity index (χ4v) is 3.53. The minimum atomic E-state index is -4.46. The molecule has 2 aromatic carbocycles. The quantitative estimate of drug-likeness (QED) is 0.543. The molecule has 0 aliphatic heterocycles. The van der Waals surface area contributed by atoms with Crippen LogP contribution in [-0.4, -0.2) is 26.9 Å². The fraction of sp³-hybridized carbons (Fsp3) is 0.318. The van der Waals surface area contributed by atoms with E-state index in [9.17, 15) is 18.0 Å². The molecule has 0 aliphatic rings. The molecule has 3 aromatic rings. The van der Waals surface area contributed by atoms with Crippen molar-refractivity contribution in [1.82, 2.24) is 20.1 Å². The molecule has 0 spiro atoms. The van der Waals surface area contributed by atoms with Crippen molar-refractivity contribution >= 4 is 17.7 Å². The van der Waals surface area contributed by atoms with Crippen molar-refractivity contribution < 1.29 is 18.0 Å². The first-order chi connectivity index (χ1) is 14.5. The van der Waals surface area contributed by atoms with Gasteiger partial charge in [0, 0.05) is 5.56 Å². The Balaban J connectivity index is 1.82. The SMILES string of the molecule is CSc1nnc(CNC(=O)c2ccc(C(C)(C)C)cc2)n1-c1cccc(C(F)(F)F)c1. The average molecular weight is 449 g/mol. The second kappa shape index (κ2) is 8.74. The molecule has 1 aromatic heterocycles. The molecule has 0 radical (unpaired) electrons. The van der Waals surface area contributed by atoms with E-state index in [2.05, 4.69) is 36.3 Å². The smallest absolute Gasteiger partial charge is 0.345 e. The third-order valence-corrected chi connectivity index (χ3v) is 5.36. The zero-order valence-corrected chi connectivity index (χ0v) is 18.4. The maximum atomic E-state index is 13.1. The molecule has 1 heterocycles. The number of amides is 1. The molecule has 0 bridgehead atoms. The minimum Gasteiger partial charge on any atom is -0.345 e. The van der Waals surface area contributed by atoms with Crippen LogP contribution in [0, 0.1) is 0 Å². The number of thioether (sulfide) groups is 1. The maximum Gasteiger partial charge on any atom is 0.416 e. The van der Waals surface area contributed by atoms with Crippen molar-refractivity contribution in [3.63, 3.8) is 0 Å². The molecule has 0 saturated heterocycles. The van der Waals surface area contributed by atoms with Crippen molar-refractivity contribution in [3.8, 4) is 5.69 Å².